The Bertz CT molecular complexity index is 651. The molecule has 0 radical (unpaired) electrons. The number of rotatable bonds is 7. The Labute approximate surface area is 167 Å². The largest absolute Gasteiger partial charge is 0.489 e. The van der Waals surface area contributed by atoms with Crippen molar-refractivity contribution in [3.63, 3.8) is 0 Å². The number of hydrogen-bond donors (Lipinski definition) is 2. The summed E-state index contributed by atoms with van der Waals surface area (Å²) in [4.78, 5) is 18.7. The fourth-order valence-electron chi connectivity index (χ4n) is 2.99. The van der Waals surface area contributed by atoms with Crippen LogP contribution in [-0.2, 0) is 4.79 Å². The molecular weight excluding hydrogens is 364 g/mol. The topological polar surface area (TPSA) is 66.0 Å². The maximum absolute atomic E-state index is 12.1. The second-order valence-corrected chi connectivity index (χ2v) is 7.61. The van der Waals surface area contributed by atoms with E-state index in [0.29, 0.717) is 11.6 Å². The molecule has 1 aliphatic rings. The summed E-state index contributed by atoms with van der Waals surface area (Å²) in [5, 5.41) is 7.35. The van der Waals surface area contributed by atoms with Crippen molar-refractivity contribution in [2.45, 2.75) is 46.3 Å². The molecule has 1 amide bonds. The van der Waals surface area contributed by atoms with Crippen LogP contribution in [-0.4, -0.2) is 55.1 Å². The van der Waals surface area contributed by atoms with Gasteiger partial charge >= 0.3 is 0 Å². The fourth-order valence-corrected chi connectivity index (χ4v) is 3.17. The van der Waals surface area contributed by atoms with E-state index in [-0.39, 0.29) is 24.0 Å². The van der Waals surface area contributed by atoms with E-state index in [2.05, 4.69) is 15.6 Å². The lowest BCUT2D eigenvalue weighted by Gasteiger charge is -2.21. The van der Waals surface area contributed by atoms with Crippen LogP contribution in [0.3, 0.4) is 0 Å². The highest BCUT2D eigenvalue weighted by Gasteiger charge is 2.27. The van der Waals surface area contributed by atoms with Gasteiger partial charge in [-0.1, -0.05) is 31.5 Å². The average Bonchev–Trinajstić information content (AvgIpc) is 3.07. The first-order valence-electron chi connectivity index (χ1n) is 9.65. The minimum Gasteiger partial charge on any atom is -0.489 e. The smallest absolute Gasteiger partial charge is 0.225 e. The molecule has 1 fully saturated rings. The Hall–Kier alpha value is -1.95. The Morgan fingerprint density at radius 2 is 2.19 bits per heavy atom. The number of ether oxygens (including phenoxy) is 1. The summed E-state index contributed by atoms with van der Waals surface area (Å²) in [7, 11) is 0. The summed E-state index contributed by atoms with van der Waals surface area (Å²) in [6, 6.07) is 7.58. The van der Waals surface area contributed by atoms with Gasteiger partial charge in [-0.2, -0.15) is 0 Å². The maximum Gasteiger partial charge on any atom is 0.225 e. The number of nitrogens with one attached hydrogen (secondary N) is 2. The van der Waals surface area contributed by atoms with Crippen molar-refractivity contribution in [3.8, 4) is 5.75 Å². The Morgan fingerprint density at radius 3 is 2.85 bits per heavy atom. The molecule has 1 aliphatic heterocycles. The van der Waals surface area contributed by atoms with Gasteiger partial charge in [0.1, 0.15) is 11.9 Å². The lowest BCUT2D eigenvalue weighted by Crippen LogP contribution is -2.45. The Balaban J connectivity index is 1.87. The molecule has 150 valence electrons. The Kier molecular flexibility index (Phi) is 8.23. The first-order chi connectivity index (χ1) is 12.9. The van der Waals surface area contributed by atoms with Crippen molar-refractivity contribution in [1.29, 1.82) is 0 Å². The molecule has 2 unspecified atom stereocenters. The SMILES string of the molecule is CCNC(=NCC(C)Oc1cccc(Cl)c1)NC1CCN(C(=O)C(C)C)C1. The summed E-state index contributed by atoms with van der Waals surface area (Å²) in [5.41, 5.74) is 0. The van der Waals surface area contributed by atoms with Gasteiger partial charge in [0.15, 0.2) is 5.96 Å². The number of amides is 1. The average molecular weight is 395 g/mol. The van der Waals surface area contributed by atoms with Crippen LogP contribution in [0.5, 0.6) is 5.75 Å². The van der Waals surface area contributed by atoms with Gasteiger partial charge in [0, 0.05) is 36.6 Å². The monoisotopic (exact) mass is 394 g/mol. The number of halogens is 1. The van der Waals surface area contributed by atoms with Crippen LogP contribution < -0.4 is 15.4 Å². The predicted octanol–water partition coefficient (Wildman–Crippen LogP) is 2.92. The summed E-state index contributed by atoms with van der Waals surface area (Å²) < 4.78 is 5.87. The molecule has 1 saturated heterocycles. The third-order valence-corrected chi connectivity index (χ3v) is 4.55. The van der Waals surface area contributed by atoms with Crippen molar-refractivity contribution in [2.75, 3.05) is 26.2 Å². The van der Waals surface area contributed by atoms with E-state index >= 15 is 0 Å². The normalized spacial score (nSPS) is 18.5. The number of guanidine groups is 1. The quantitative estimate of drug-likeness (QED) is 0.551. The number of likely N-dealkylation sites (tertiary alicyclic amines) is 1. The standard InChI is InChI=1S/C20H31ClN4O2/c1-5-22-20(24-17-9-10-25(13-17)19(26)14(2)3)23-12-15(4)27-18-8-6-7-16(21)11-18/h6-8,11,14-15,17H,5,9-10,12-13H2,1-4H3,(H2,22,23,24). The molecule has 1 aromatic carbocycles. The van der Waals surface area contributed by atoms with E-state index in [0.717, 1.165) is 37.8 Å². The second-order valence-electron chi connectivity index (χ2n) is 7.17. The highest BCUT2D eigenvalue weighted by Crippen LogP contribution is 2.18. The van der Waals surface area contributed by atoms with Gasteiger partial charge in [-0.25, -0.2) is 4.99 Å². The van der Waals surface area contributed by atoms with Crippen molar-refractivity contribution in [1.82, 2.24) is 15.5 Å². The van der Waals surface area contributed by atoms with Crippen LogP contribution in [0.1, 0.15) is 34.1 Å². The summed E-state index contributed by atoms with van der Waals surface area (Å²) >= 11 is 5.99. The van der Waals surface area contributed by atoms with E-state index in [1.807, 2.05) is 50.8 Å². The van der Waals surface area contributed by atoms with Gasteiger partial charge < -0.3 is 20.3 Å². The molecular formula is C20H31ClN4O2. The number of nitrogens with zero attached hydrogens (tertiary/aromatic N) is 2. The van der Waals surface area contributed by atoms with Crippen LogP contribution in [0.2, 0.25) is 5.02 Å². The zero-order valence-electron chi connectivity index (χ0n) is 16.7. The molecule has 0 aliphatic carbocycles. The lowest BCUT2D eigenvalue weighted by atomic mass is 10.2. The molecule has 2 N–H and O–H groups in total. The minimum atomic E-state index is -0.0819. The molecule has 1 heterocycles. The molecule has 1 aromatic rings. The molecule has 2 atom stereocenters. The van der Waals surface area contributed by atoms with Gasteiger partial charge in [0.2, 0.25) is 5.91 Å². The van der Waals surface area contributed by atoms with E-state index < -0.39 is 0 Å². The zero-order valence-corrected chi connectivity index (χ0v) is 17.4. The first-order valence-corrected chi connectivity index (χ1v) is 10.0. The zero-order chi connectivity index (χ0) is 19.8. The van der Waals surface area contributed by atoms with Crippen molar-refractivity contribution in [2.24, 2.45) is 10.9 Å². The van der Waals surface area contributed by atoms with Crippen LogP contribution in [0, 0.1) is 5.92 Å². The predicted molar refractivity (Wildman–Crippen MR) is 110 cm³/mol. The van der Waals surface area contributed by atoms with Gasteiger partial charge in [-0.05, 0) is 38.5 Å². The highest BCUT2D eigenvalue weighted by molar-refractivity contribution is 6.30. The number of carbonyl (C=O) groups is 1. The van der Waals surface area contributed by atoms with Crippen molar-refractivity contribution in [3.05, 3.63) is 29.3 Å². The van der Waals surface area contributed by atoms with Crippen LogP contribution in [0.25, 0.3) is 0 Å². The molecule has 0 spiro atoms. The van der Waals surface area contributed by atoms with Gasteiger partial charge in [-0.15, -0.1) is 0 Å². The molecule has 6 nitrogen and oxygen atoms in total. The number of hydrogen-bond acceptors (Lipinski definition) is 3. The minimum absolute atomic E-state index is 0.0372. The van der Waals surface area contributed by atoms with Crippen LogP contribution >= 0.6 is 11.6 Å². The van der Waals surface area contributed by atoms with E-state index in [1.54, 1.807) is 6.07 Å². The number of benzene rings is 1. The van der Waals surface area contributed by atoms with Crippen LogP contribution in [0.4, 0.5) is 0 Å². The van der Waals surface area contributed by atoms with Crippen molar-refractivity contribution >= 4 is 23.5 Å². The summed E-state index contributed by atoms with van der Waals surface area (Å²) in [5.74, 6) is 1.74. The van der Waals surface area contributed by atoms with Gasteiger partial charge in [0.05, 0.1) is 6.54 Å². The van der Waals surface area contributed by atoms with Crippen molar-refractivity contribution < 1.29 is 9.53 Å². The second kappa shape index (κ2) is 10.4. The van der Waals surface area contributed by atoms with Gasteiger partial charge in [-0.3, -0.25) is 4.79 Å². The summed E-state index contributed by atoms with van der Waals surface area (Å²) in [6.45, 7) is 10.7. The summed E-state index contributed by atoms with van der Waals surface area (Å²) in [6.07, 6.45) is 0.846. The number of carbonyl (C=O) groups excluding carboxylic acids is 1. The number of aliphatic imine (C=N–C) groups is 1. The van der Waals surface area contributed by atoms with E-state index in [9.17, 15) is 4.79 Å². The van der Waals surface area contributed by atoms with E-state index in [4.69, 9.17) is 16.3 Å². The lowest BCUT2D eigenvalue weighted by molar-refractivity contribution is -0.133. The molecule has 0 bridgehead atoms. The maximum atomic E-state index is 12.1. The fraction of sp³-hybridized carbons (Fsp3) is 0.600. The first kappa shape index (κ1) is 21.4. The van der Waals surface area contributed by atoms with E-state index in [1.165, 1.54) is 0 Å². The third-order valence-electron chi connectivity index (χ3n) is 4.32. The Morgan fingerprint density at radius 1 is 1.41 bits per heavy atom. The third kappa shape index (κ3) is 6.94. The molecule has 2 rings (SSSR count). The van der Waals surface area contributed by atoms with Gasteiger partial charge in [0.25, 0.3) is 0 Å². The molecule has 0 aromatic heterocycles. The van der Waals surface area contributed by atoms with Crippen LogP contribution in [0.15, 0.2) is 29.3 Å². The molecule has 7 heteroatoms. The molecule has 27 heavy (non-hydrogen) atoms. The molecule has 0 saturated carbocycles. The highest BCUT2D eigenvalue weighted by atomic mass is 35.5.